The van der Waals surface area contributed by atoms with E-state index in [0.29, 0.717) is 6.61 Å². The summed E-state index contributed by atoms with van der Waals surface area (Å²) in [7, 11) is 0. The highest BCUT2D eigenvalue weighted by molar-refractivity contribution is 5.88. The lowest BCUT2D eigenvalue weighted by molar-refractivity contribution is 0.200. The molecular formula is C19H24N2O. The number of hydrogen-bond donors (Lipinski definition) is 1. The largest absolute Gasteiger partial charge is 0.493 e. The van der Waals surface area contributed by atoms with Crippen LogP contribution in [0.4, 0.5) is 0 Å². The fourth-order valence-corrected chi connectivity index (χ4v) is 3.27. The van der Waals surface area contributed by atoms with Crippen LogP contribution in [0.1, 0.15) is 18.5 Å². The Balaban J connectivity index is 2.12. The second kappa shape index (κ2) is 6.95. The second-order valence-corrected chi connectivity index (χ2v) is 5.60. The van der Waals surface area contributed by atoms with Crippen LogP contribution in [-0.4, -0.2) is 37.7 Å². The van der Waals surface area contributed by atoms with Gasteiger partial charge in [-0.3, -0.25) is 4.90 Å². The first-order valence-corrected chi connectivity index (χ1v) is 8.07. The van der Waals surface area contributed by atoms with Gasteiger partial charge in [0.25, 0.3) is 0 Å². The minimum atomic E-state index is 0.190. The molecule has 116 valence electrons. The summed E-state index contributed by atoms with van der Waals surface area (Å²) < 4.78 is 5.93. The third-order valence-electron chi connectivity index (χ3n) is 4.29. The maximum Gasteiger partial charge on any atom is 0.125 e. The summed E-state index contributed by atoms with van der Waals surface area (Å²) in [4.78, 5) is 2.48. The highest BCUT2D eigenvalue weighted by atomic mass is 16.5. The average Bonchev–Trinajstić information content (AvgIpc) is 2.58. The van der Waals surface area contributed by atoms with Crippen molar-refractivity contribution in [1.82, 2.24) is 10.2 Å². The van der Waals surface area contributed by atoms with Crippen molar-refractivity contribution >= 4 is 10.8 Å². The Kier molecular flexibility index (Phi) is 4.76. The van der Waals surface area contributed by atoms with Gasteiger partial charge in [-0.25, -0.2) is 0 Å². The fourth-order valence-electron chi connectivity index (χ4n) is 3.27. The molecular weight excluding hydrogens is 272 g/mol. The Morgan fingerprint density at radius 2 is 2.00 bits per heavy atom. The van der Waals surface area contributed by atoms with Crippen molar-refractivity contribution in [2.45, 2.75) is 13.0 Å². The molecule has 1 heterocycles. The van der Waals surface area contributed by atoms with Crippen LogP contribution in [0, 0.1) is 0 Å². The van der Waals surface area contributed by atoms with E-state index in [2.05, 4.69) is 59.3 Å². The first-order chi connectivity index (χ1) is 10.8. The molecule has 3 rings (SSSR count). The van der Waals surface area contributed by atoms with E-state index in [9.17, 15) is 0 Å². The van der Waals surface area contributed by atoms with E-state index in [4.69, 9.17) is 4.74 Å². The molecule has 0 radical (unpaired) electrons. The van der Waals surface area contributed by atoms with Gasteiger partial charge in [0.15, 0.2) is 0 Å². The van der Waals surface area contributed by atoms with Gasteiger partial charge in [-0.15, -0.1) is 6.58 Å². The molecule has 0 amide bonds. The minimum Gasteiger partial charge on any atom is -0.493 e. The number of nitrogens with one attached hydrogen (secondary N) is 1. The van der Waals surface area contributed by atoms with Crippen molar-refractivity contribution in [3.63, 3.8) is 0 Å². The summed E-state index contributed by atoms with van der Waals surface area (Å²) in [6, 6.07) is 13.0. The van der Waals surface area contributed by atoms with E-state index in [1.165, 1.54) is 16.3 Å². The van der Waals surface area contributed by atoms with Crippen LogP contribution in [0.2, 0.25) is 0 Å². The number of rotatable bonds is 5. The molecule has 1 fully saturated rings. The van der Waals surface area contributed by atoms with Gasteiger partial charge < -0.3 is 10.1 Å². The summed E-state index contributed by atoms with van der Waals surface area (Å²) in [6.45, 7) is 10.9. The number of nitrogens with zero attached hydrogens (tertiary/aromatic N) is 1. The SMILES string of the molecule is C=C[C@@H](c1c(OCC)ccc2ccccc12)N1CCNCC1. The van der Waals surface area contributed by atoms with Crippen molar-refractivity contribution in [1.29, 1.82) is 0 Å². The number of ether oxygens (including phenoxy) is 1. The van der Waals surface area contributed by atoms with Crippen LogP contribution < -0.4 is 10.1 Å². The normalized spacial score (nSPS) is 17.3. The fraction of sp³-hybridized carbons (Fsp3) is 0.368. The van der Waals surface area contributed by atoms with Gasteiger partial charge in [0.05, 0.1) is 12.6 Å². The van der Waals surface area contributed by atoms with Gasteiger partial charge in [-0.1, -0.05) is 36.4 Å². The molecule has 2 aromatic rings. The van der Waals surface area contributed by atoms with Crippen molar-refractivity contribution in [3.8, 4) is 5.75 Å². The zero-order chi connectivity index (χ0) is 15.4. The van der Waals surface area contributed by atoms with E-state index in [1.54, 1.807) is 0 Å². The zero-order valence-electron chi connectivity index (χ0n) is 13.2. The molecule has 0 spiro atoms. The summed E-state index contributed by atoms with van der Waals surface area (Å²) in [6.07, 6.45) is 2.05. The van der Waals surface area contributed by atoms with Crippen LogP contribution in [-0.2, 0) is 0 Å². The zero-order valence-corrected chi connectivity index (χ0v) is 13.2. The summed E-state index contributed by atoms with van der Waals surface area (Å²) in [5.41, 5.74) is 1.25. The molecule has 1 atom stereocenters. The van der Waals surface area contributed by atoms with E-state index in [0.717, 1.165) is 31.9 Å². The van der Waals surface area contributed by atoms with E-state index in [1.807, 2.05) is 6.92 Å². The first-order valence-electron chi connectivity index (χ1n) is 8.07. The molecule has 2 aromatic carbocycles. The quantitative estimate of drug-likeness (QED) is 0.856. The molecule has 0 bridgehead atoms. The number of benzene rings is 2. The van der Waals surface area contributed by atoms with Crippen molar-refractivity contribution < 1.29 is 4.74 Å². The predicted octanol–water partition coefficient (Wildman–Crippen LogP) is 3.37. The third-order valence-corrected chi connectivity index (χ3v) is 4.29. The molecule has 22 heavy (non-hydrogen) atoms. The Bertz CT molecular complexity index is 647. The lowest BCUT2D eigenvalue weighted by Gasteiger charge is -2.34. The van der Waals surface area contributed by atoms with Crippen molar-refractivity contribution in [2.24, 2.45) is 0 Å². The molecule has 0 aliphatic carbocycles. The summed E-state index contributed by atoms with van der Waals surface area (Å²) >= 11 is 0. The molecule has 0 saturated carbocycles. The van der Waals surface area contributed by atoms with E-state index in [-0.39, 0.29) is 6.04 Å². The molecule has 0 aromatic heterocycles. The molecule has 0 unspecified atom stereocenters. The van der Waals surface area contributed by atoms with Gasteiger partial charge in [0.1, 0.15) is 5.75 Å². The maximum atomic E-state index is 5.93. The molecule has 1 aliphatic rings. The highest BCUT2D eigenvalue weighted by Crippen LogP contribution is 2.36. The maximum absolute atomic E-state index is 5.93. The Hall–Kier alpha value is -1.84. The van der Waals surface area contributed by atoms with E-state index >= 15 is 0 Å². The van der Waals surface area contributed by atoms with Crippen LogP contribution >= 0.6 is 0 Å². The van der Waals surface area contributed by atoms with Crippen molar-refractivity contribution in [2.75, 3.05) is 32.8 Å². The highest BCUT2D eigenvalue weighted by Gasteiger charge is 2.24. The molecule has 3 nitrogen and oxygen atoms in total. The standard InChI is InChI=1S/C19H24N2O/c1-3-17(21-13-11-20-12-14-21)19-16-8-6-5-7-15(16)9-10-18(19)22-4-2/h3,5-10,17,20H,1,4,11-14H2,2H3/t17-/m0/s1. The smallest absolute Gasteiger partial charge is 0.125 e. The summed E-state index contributed by atoms with van der Waals surface area (Å²) in [5.74, 6) is 0.977. The first kappa shape index (κ1) is 15.1. The van der Waals surface area contributed by atoms with Gasteiger partial charge in [0, 0.05) is 31.7 Å². The Morgan fingerprint density at radius 3 is 2.73 bits per heavy atom. The van der Waals surface area contributed by atoms with Gasteiger partial charge in [-0.2, -0.15) is 0 Å². The predicted molar refractivity (Wildman–Crippen MR) is 92.5 cm³/mol. The Morgan fingerprint density at radius 1 is 1.23 bits per heavy atom. The average molecular weight is 296 g/mol. The molecule has 1 aliphatic heterocycles. The van der Waals surface area contributed by atoms with Gasteiger partial charge in [0.2, 0.25) is 0 Å². The van der Waals surface area contributed by atoms with Crippen LogP contribution in [0.15, 0.2) is 49.1 Å². The van der Waals surface area contributed by atoms with Crippen molar-refractivity contribution in [3.05, 3.63) is 54.6 Å². The Labute approximate surface area is 132 Å². The topological polar surface area (TPSA) is 24.5 Å². The molecule has 1 N–H and O–H groups in total. The number of fused-ring (bicyclic) bond motifs is 1. The second-order valence-electron chi connectivity index (χ2n) is 5.60. The molecule has 1 saturated heterocycles. The third kappa shape index (κ3) is 2.87. The minimum absolute atomic E-state index is 0.190. The lowest BCUT2D eigenvalue weighted by Crippen LogP contribution is -2.44. The molecule has 3 heteroatoms. The number of piperazine rings is 1. The van der Waals surface area contributed by atoms with Gasteiger partial charge >= 0.3 is 0 Å². The lowest BCUT2D eigenvalue weighted by atomic mass is 9.96. The van der Waals surface area contributed by atoms with Crippen LogP contribution in [0.3, 0.4) is 0 Å². The monoisotopic (exact) mass is 296 g/mol. The van der Waals surface area contributed by atoms with Gasteiger partial charge in [-0.05, 0) is 23.8 Å². The van der Waals surface area contributed by atoms with E-state index < -0.39 is 0 Å². The summed E-state index contributed by atoms with van der Waals surface area (Å²) in [5, 5.41) is 5.93. The number of hydrogen-bond acceptors (Lipinski definition) is 3. The van der Waals surface area contributed by atoms with Crippen LogP contribution in [0.5, 0.6) is 5.75 Å². The van der Waals surface area contributed by atoms with Crippen LogP contribution in [0.25, 0.3) is 10.8 Å².